The molecule has 1 heterocycles. The van der Waals surface area contributed by atoms with E-state index >= 15 is 0 Å². The molecular weight excluding hydrogens is 350 g/mol. The van der Waals surface area contributed by atoms with Crippen LogP contribution in [0, 0.1) is 5.92 Å². The molecule has 1 aromatic heterocycles. The van der Waals surface area contributed by atoms with E-state index in [2.05, 4.69) is 16.8 Å². The zero-order valence-electron chi connectivity index (χ0n) is 15.4. The van der Waals surface area contributed by atoms with Crippen LogP contribution in [0.15, 0.2) is 29.6 Å². The average molecular weight is 375 g/mol. The van der Waals surface area contributed by atoms with E-state index in [0.717, 1.165) is 12.8 Å². The Bertz CT molecular complexity index is 739. The summed E-state index contributed by atoms with van der Waals surface area (Å²) in [7, 11) is 4.66. The molecule has 1 amide bonds. The maximum Gasteiger partial charge on any atom is 0.255 e. The number of nitrogens with one attached hydrogen (secondary N) is 1. The lowest BCUT2D eigenvalue weighted by Gasteiger charge is -2.24. The number of thiophene rings is 1. The Morgan fingerprint density at radius 3 is 2.31 bits per heavy atom. The van der Waals surface area contributed by atoms with E-state index < -0.39 is 0 Å². The standard InChI is InChI=1S/C20H25NO4S/c1-23-15-12-17(25-3)16(24-2)11-14(15)20(22)21-19(13-7-4-5-8-13)18-9-6-10-26-18/h6,9-13,19H,4-5,7-8H2,1-3H3,(H,21,22). The Balaban J connectivity index is 1.89. The second-order valence-electron chi connectivity index (χ2n) is 6.42. The van der Waals surface area contributed by atoms with E-state index in [1.54, 1.807) is 44.8 Å². The minimum atomic E-state index is -0.159. The molecule has 6 heteroatoms. The number of amides is 1. The summed E-state index contributed by atoms with van der Waals surface area (Å²) in [6, 6.07) is 7.52. The van der Waals surface area contributed by atoms with Crippen LogP contribution in [-0.2, 0) is 0 Å². The first-order chi connectivity index (χ1) is 12.7. The monoisotopic (exact) mass is 375 g/mol. The predicted octanol–water partition coefficient (Wildman–Crippen LogP) is 4.44. The maximum absolute atomic E-state index is 13.1. The normalized spacial score (nSPS) is 15.5. The van der Waals surface area contributed by atoms with Gasteiger partial charge in [0.2, 0.25) is 0 Å². The van der Waals surface area contributed by atoms with Crippen LogP contribution in [0.5, 0.6) is 17.2 Å². The third-order valence-electron chi connectivity index (χ3n) is 4.96. The summed E-state index contributed by atoms with van der Waals surface area (Å²) in [6.45, 7) is 0. The highest BCUT2D eigenvalue weighted by Crippen LogP contribution is 2.39. The molecule has 0 spiro atoms. The highest BCUT2D eigenvalue weighted by atomic mass is 32.1. The summed E-state index contributed by atoms with van der Waals surface area (Å²) in [5, 5.41) is 5.29. The van der Waals surface area contributed by atoms with Crippen LogP contribution in [0.4, 0.5) is 0 Å². The second kappa shape index (κ2) is 8.45. The van der Waals surface area contributed by atoms with Gasteiger partial charge in [0.1, 0.15) is 5.75 Å². The highest BCUT2D eigenvalue weighted by molar-refractivity contribution is 7.10. The minimum Gasteiger partial charge on any atom is -0.496 e. The molecule has 3 rings (SSSR count). The third kappa shape index (κ3) is 3.80. The number of rotatable bonds is 7. The van der Waals surface area contributed by atoms with E-state index in [9.17, 15) is 4.79 Å². The van der Waals surface area contributed by atoms with E-state index in [4.69, 9.17) is 14.2 Å². The second-order valence-corrected chi connectivity index (χ2v) is 7.40. The van der Waals surface area contributed by atoms with Crippen molar-refractivity contribution in [1.82, 2.24) is 5.32 Å². The molecule has 0 aliphatic heterocycles. The van der Waals surface area contributed by atoms with E-state index in [1.165, 1.54) is 17.7 Å². The van der Waals surface area contributed by atoms with Crippen molar-refractivity contribution < 1.29 is 19.0 Å². The van der Waals surface area contributed by atoms with Crippen molar-refractivity contribution in [3.05, 3.63) is 40.1 Å². The van der Waals surface area contributed by atoms with Gasteiger partial charge in [0.15, 0.2) is 11.5 Å². The average Bonchev–Trinajstić information content (AvgIpc) is 3.38. The molecule has 1 aliphatic carbocycles. The number of benzene rings is 1. The first-order valence-corrected chi connectivity index (χ1v) is 9.70. The van der Waals surface area contributed by atoms with Crippen molar-refractivity contribution in [2.24, 2.45) is 5.92 Å². The lowest BCUT2D eigenvalue weighted by Crippen LogP contribution is -2.32. The van der Waals surface area contributed by atoms with Crippen LogP contribution in [0.25, 0.3) is 0 Å². The lowest BCUT2D eigenvalue weighted by atomic mass is 9.96. The molecule has 1 saturated carbocycles. The molecule has 1 aromatic carbocycles. The number of carbonyl (C=O) groups is 1. The third-order valence-corrected chi connectivity index (χ3v) is 5.91. The van der Waals surface area contributed by atoms with Gasteiger partial charge in [0.25, 0.3) is 5.91 Å². The fourth-order valence-corrected chi connectivity index (χ4v) is 4.48. The molecule has 0 bridgehead atoms. The molecule has 1 fully saturated rings. The topological polar surface area (TPSA) is 56.8 Å². The summed E-state index contributed by atoms with van der Waals surface area (Å²) in [5.41, 5.74) is 0.449. The van der Waals surface area contributed by atoms with Crippen molar-refractivity contribution in [2.45, 2.75) is 31.7 Å². The highest BCUT2D eigenvalue weighted by Gasteiger charge is 2.29. The van der Waals surface area contributed by atoms with Gasteiger partial charge in [-0.2, -0.15) is 0 Å². The Morgan fingerprint density at radius 2 is 1.73 bits per heavy atom. The zero-order chi connectivity index (χ0) is 18.5. The van der Waals surface area contributed by atoms with Crippen molar-refractivity contribution >= 4 is 17.2 Å². The molecule has 0 saturated heterocycles. The van der Waals surface area contributed by atoms with Gasteiger partial charge in [-0.15, -0.1) is 11.3 Å². The fraction of sp³-hybridized carbons (Fsp3) is 0.450. The molecule has 2 aromatic rings. The lowest BCUT2D eigenvalue weighted by molar-refractivity contribution is 0.0919. The summed E-state index contributed by atoms with van der Waals surface area (Å²) < 4.78 is 16.1. The zero-order valence-corrected chi connectivity index (χ0v) is 16.2. The molecular formula is C20H25NO4S. The predicted molar refractivity (Wildman–Crippen MR) is 103 cm³/mol. The molecule has 1 unspecified atom stereocenters. The van der Waals surface area contributed by atoms with E-state index in [1.807, 2.05) is 6.07 Å². The first-order valence-electron chi connectivity index (χ1n) is 8.82. The van der Waals surface area contributed by atoms with Gasteiger partial charge < -0.3 is 19.5 Å². The van der Waals surface area contributed by atoms with Crippen molar-refractivity contribution in [1.29, 1.82) is 0 Å². The van der Waals surface area contributed by atoms with E-state index in [-0.39, 0.29) is 11.9 Å². The van der Waals surface area contributed by atoms with Crippen molar-refractivity contribution in [3.8, 4) is 17.2 Å². The Labute approximate surface area is 158 Å². The fourth-order valence-electron chi connectivity index (χ4n) is 3.61. The van der Waals surface area contributed by atoms with Crippen LogP contribution in [0.2, 0.25) is 0 Å². The number of ether oxygens (including phenoxy) is 3. The van der Waals surface area contributed by atoms with Gasteiger partial charge in [0, 0.05) is 17.0 Å². The molecule has 1 N–H and O–H groups in total. The molecule has 26 heavy (non-hydrogen) atoms. The van der Waals surface area contributed by atoms with Gasteiger partial charge in [0.05, 0.1) is 32.9 Å². The van der Waals surface area contributed by atoms with Crippen LogP contribution >= 0.6 is 11.3 Å². The molecule has 1 atom stereocenters. The quantitative estimate of drug-likeness (QED) is 0.777. The summed E-state index contributed by atoms with van der Waals surface area (Å²) in [4.78, 5) is 14.3. The van der Waals surface area contributed by atoms with Crippen molar-refractivity contribution in [3.63, 3.8) is 0 Å². The smallest absolute Gasteiger partial charge is 0.255 e. The number of hydrogen-bond acceptors (Lipinski definition) is 5. The SMILES string of the molecule is COc1cc(OC)c(C(=O)NC(c2cccs2)C2CCCC2)cc1OC. The summed E-state index contributed by atoms with van der Waals surface area (Å²) in [6.07, 6.45) is 4.74. The van der Waals surface area contributed by atoms with Gasteiger partial charge >= 0.3 is 0 Å². The number of methoxy groups -OCH3 is 3. The molecule has 5 nitrogen and oxygen atoms in total. The Hall–Kier alpha value is -2.21. The first kappa shape index (κ1) is 18.6. The summed E-state index contributed by atoms with van der Waals surface area (Å²) in [5.74, 6) is 1.83. The van der Waals surface area contributed by atoms with Crippen LogP contribution in [0.1, 0.15) is 47.0 Å². The Kier molecular flexibility index (Phi) is 6.04. The van der Waals surface area contributed by atoms with Crippen LogP contribution in [0.3, 0.4) is 0 Å². The largest absolute Gasteiger partial charge is 0.496 e. The summed E-state index contributed by atoms with van der Waals surface area (Å²) >= 11 is 1.69. The van der Waals surface area contributed by atoms with Gasteiger partial charge in [-0.3, -0.25) is 4.79 Å². The van der Waals surface area contributed by atoms with Crippen LogP contribution in [-0.4, -0.2) is 27.2 Å². The Morgan fingerprint density at radius 1 is 1.08 bits per heavy atom. The van der Waals surface area contributed by atoms with Gasteiger partial charge in [-0.25, -0.2) is 0 Å². The van der Waals surface area contributed by atoms with Gasteiger partial charge in [-0.1, -0.05) is 18.9 Å². The van der Waals surface area contributed by atoms with E-state index in [0.29, 0.717) is 28.7 Å². The van der Waals surface area contributed by atoms with Gasteiger partial charge in [-0.05, 0) is 30.2 Å². The number of hydrogen-bond donors (Lipinski definition) is 1. The molecule has 0 radical (unpaired) electrons. The molecule has 1 aliphatic rings. The molecule has 140 valence electrons. The minimum absolute atomic E-state index is 0.0304. The maximum atomic E-state index is 13.1. The number of carbonyl (C=O) groups excluding carboxylic acids is 1. The van der Waals surface area contributed by atoms with Crippen LogP contribution < -0.4 is 19.5 Å². The van der Waals surface area contributed by atoms with Crippen molar-refractivity contribution in [2.75, 3.05) is 21.3 Å².